The third kappa shape index (κ3) is 4.39. The van der Waals surface area contributed by atoms with Gasteiger partial charge in [-0.15, -0.1) is 0 Å². The van der Waals surface area contributed by atoms with Gasteiger partial charge in [-0.3, -0.25) is 0 Å². The van der Waals surface area contributed by atoms with Gasteiger partial charge >= 0.3 is 0 Å². The third-order valence-electron chi connectivity index (χ3n) is 3.28. The smallest absolute Gasteiger partial charge is 0.119 e. The molecule has 1 N–H and O–H groups in total. The highest BCUT2D eigenvalue weighted by Gasteiger charge is 2.14. The van der Waals surface area contributed by atoms with E-state index in [4.69, 9.17) is 4.74 Å². The molecule has 0 aliphatic rings. The summed E-state index contributed by atoms with van der Waals surface area (Å²) in [7, 11) is 1.72. The van der Waals surface area contributed by atoms with Crippen molar-refractivity contribution in [2.45, 2.75) is 39.7 Å². The molecule has 0 heterocycles. The highest BCUT2D eigenvalue weighted by atomic mass is 16.5. The summed E-state index contributed by atoms with van der Waals surface area (Å²) in [6.45, 7) is 7.77. The molecule has 0 aliphatic heterocycles. The van der Waals surface area contributed by atoms with Crippen LogP contribution >= 0.6 is 0 Å². The molecule has 1 aromatic carbocycles. The van der Waals surface area contributed by atoms with Crippen LogP contribution in [0.5, 0.6) is 5.75 Å². The summed E-state index contributed by atoms with van der Waals surface area (Å²) in [6.07, 6.45) is 2.28. The van der Waals surface area contributed by atoms with E-state index >= 15 is 0 Å². The molecule has 0 aliphatic carbocycles. The maximum atomic E-state index is 5.26. The minimum absolute atomic E-state index is 0.603. The Labute approximate surface area is 105 Å². The van der Waals surface area contributed by atoms with E-state index in [1.165, 1.54) is 12.0 Å². The number of nitrogens with one attached hydrogen (secondary N) is 1. The summed E-state index contributed by atoms with van der Waals surface area (Å²) in [5.41, 5.74) is 1.35. The van der Waals surface area contributed by atoms with E-state index in [1.807, 2.05) is 6.07 Å². The maximum absolute atomic E-state index is 5.26. The molecule has 96 valence electrons. The lowest BCUT2D eigenvalue weighted by molar-refractivity contribution is 0.369. The van der Waals surface area contributed by atoms with Crippen LogP contribution in [-0.4, -0.2) is 19.7 Å². The van der Waals surface area contributed by atoms with Gasteiger partial charge in [-0.2, -0.15) is 0 Å². The lowest BCUT2D eigenvalue weighted by Gasteiger charge is -2.23. The summed E-state index contributed by atoms with van der Waals surface area (Å²) >= 11 is 0. The molecule has 0 spiro atoms. The fraction of sp³-hybridized carbons (Fsp3) is 0.600. The molecule has 2 nitrogen and oxygen atoms in total. The van der Waals surface area contributed by atoms with E-state index in [-0.39, 0.29) is 0 Å². The van der Waals surface area contributed by atoms with Crippen LogP contribution in [0.3, 0.4) is 0 Å². The van der Waals surface area contributed by atoms with Gasteiger partial charge in [0.25, 0.3) is 0 Å². The second-order valence-corrected chi connectivity index (χ2v) is 4.61. The van der Waals surface area contributed by atoms with E-state index in [0.717, 1.165) is 18.7 Å². The van der Waals surface area contributed by atoms with Crippen LogP contribution in [0, 0.1) is 5.92 Å². The van der Waals surface area contributed by atoms with Crippen LogP contribution in [0.4, 0.5) is 0 Å². The SMILES string of the molecule is CCNC(CC)C(C)Cc1cccc(OC)c1. The Morgan fingerprint density at radius 1 is 1.29 bits per heavy atom. The fourth-order valence-corrected chi connectivity index (χ4v) is 2.32. The van der Waals surface area contributed by atoms with Crippen molar-refractivity contribution in [2.24, 2.45) is 5.92 Å². The first-order chi connectivity index (χ1) is 8.21. The number of benzene rings is 1. The monoisotopic (exact) mass is 235 g/mol. The maximum Gasteiger partial charge on any atom is 0.119 e. The largest absolute Gasteiger partial charge is 0.497 e. The highest BCUT2D eigenvalue weighted by molar-refractivity contribution is 5.28. The van der Waals surface area contributed by atoms with Crippen LogP contribution in [-0.2, 0) is 6.42 Å². The fourth-order valence-electron chi connectivity index (χ4n) is 2.32. The summed E-state index contributed by atoms with van der Waals surface area (Å²) in [5, 5.41) is 3.55. The van der Waals surface area contributed by atoms with Crippen molar-refractivity contribution in [1.29, 1.82) is 0 Å². The van der Waals surface area contributed by atoms with E-state index in [2.05, 4.69) is 44.3 Å². The van der Waals surface area contributed by atoms with Gasteiger partial charge in [0.1, 0.15) is 5.75 Å². The Balaban J connectivity index is 2.62. The van der Waals surface area contributed by atoms with Crippen molar-refractivity contribution in [1.82, 2.24) is 5.32 Å². The topological polar surface area (TPSA) is 21.3 Å². The van der Waals surface area contributed by atoms with E-state index in [9.17, 15) is 0 Å². The molecule has 0 radical (unpaired) electrons. The summed E-state index contributed by atoms with van der Waals surface area (Å²) in [4.78, 5) is 0. The molecule has 0 bridgehead atoms. The molecule has 1 rings (SSSR count). The number of hydrogen-bond donors (Lipinski definition) is 1. The predicted octanol–water partition coefficient (Wildman–Crippen LogP) is 3.26. The average molecular weight is 235 g/mol. The van der Waals surface area contributed by atoms with Crippen molar-refractivity contribution < 1.29 is 4.74 Å². The average Bonchev–Trinajstić information content (AvgIpc) is 2.36. The van der Waals surface area contributed by atoms with Gasteiger partial charge in [0.05, 0.1) is 7.11 Å². The quantitative estimate of drug-likeness (QED) is 0.783. The van der Waals surface area contributed by atoms with E-state index in [1.54, 1.807) is 7.11 Å². The second-order valence-electron chi connectivity index (χ2n) is 4.61. The van der Waals surface area contributed by atoms with Crippen molar-refractivity contribution >= 4 is 0 Å². The van der Waals surface area contributed by atoms with Gasteiger partial charge < -0.3 is 10.1 Å². The lowest BCUT2D eigenvalue weighted by Crippen LogP contribution is -2.35. The van der Waals surface area contributed by atoms with E-state index < -0.39 is 0 Å². The zero-order valence-corrected chi connectivity index (χ0v) is 11.5. The van der Waals surface area contributed by atoms with Crippen LogP contribution in [0.1, 0.15) is 32.8 Å². The number of hydrogen-bond acceptors (Lipinski definition) is 2. The number of rotatable bonds is 7. The van der Waals surface area contributed by atoms with Crippen LogP contribution in [0.25, 0.3) is 0 Å². The van der Waals surface area contributed by atoms with Gasteiger partial charge in [0.15, 0.2) is 0 Å². The highest BCUT2D eigenvalue weighted by Crippen LogP contribution is 2.18. The van der Waals surface area contributed by atoms with Gasteiger partial charge in [0.2, 0.25) is 0 Å². The molecule has 1 aromatic rings. The second kappa shape index (κ2) is 7.33. The molecular formula is C15H25NO. The molecule has 0 saturated heterocycles. The van der Waals surface area contributed by atoms with E-state index in [0.29, 0.717) is 12.0 Å². The molecule has 0 saturated carbocycles. The Kier molecular flexibility index (Phi) is 6.06. The van der Waals surface area contributed by atoms with Crippen molar-refractivity contribution in [3.05, 3.63) is 29.8 Å². The zero-order valence-electron chi connectivity index (χ0n) is 11.5. The molecule has 0 fully saturated rings. The summed E-state index contributed by atoms with van der Waals surface area (Å²) in [5.74, 6) is 1.60. The van der Waals surface area contributed by atoms with Gasteiger partial charge in [0, 0.05) is 6.04 Å². The van der Waals surface area contributed by atoms with Crippen molar-refractivity contribution in [3.8, 4) is 5.75 Å². The molecule has 2 atom stereocenters. The Hall–Kier alpha value is -1.02. The normalized spacial score (nSPS) is 14.4. The number of methoxy groups -OCH3 is 1. The Morgan fingerprint density at radius 2 is 2.06 bits per heavy atom. The van der Waals surface area contributed by atoms with Crippen LogP contribution in [0.15, 0.2) is 24.3 Å². The molecule has 0 amide bonds. The first kappa shape index (κ1) is 14.0. The van der Waals surface area contributed by atoms with Gasteiger partial charge in [-0.25, -0.2) is 0 Å². The third-order valence-corrected chi connectivity index (χ3v) is 3.28. The Morgan fingerprint density at radius 3 is 2.65 bits per heavy atom. The minimum Gasteiger partial charge on any atom is -0.497 e. The molecule has 17 heavy (non-hydrogen) atoms. The van der Waals surface area contributed by atoms with Crippen molar-refractivity contribution in [2.75, 3.05) is 13.7 Å². The lowest BCUT2D eigenvalue weighted by atomic mass is 9.92. The van der Waals surface area contributed by atoms with Gasteiger partial charge in [-0.1, -0.05) is 32.9 Å². The molecular weight excluding hydrogens is 210 g/mol. The molecule has 0 aromatic heterocycles. The summed E-state index contributed by atoms with van der Waals surface area (Å²) in [6, 6.07) is 8.98. The predicted molar refractivity (Wildman–Crippen MR) is 73.6 cm³/mol. The Bertz CT molecular complexity index is 324. The van der Waals surface area contributed by atoms with Gasteiger partial charge in [-0.05, 0) is 43.0 Å². The standard InChI is InChI=1S/C15H25NO/c1-5-15(16-6-2)12(3)10-13-8-7-9-14(11-13)17-4/h7-9,11-12,15-16H,5-6,10H2,1-4H3. The molecule has 2 heteroatoms. The summed E-state index contributed by atoms with van der Waals surface area (Å²) < 4.78 is 5.26. The van der Waals surface area contributed by atoms with Crippen LogP contribution < -0.4 is 10.1 Å². The van der Waals surface area contributed by atoms with Crippen LogP contribution in [0.2, 0.25) is 0 Å². The minimum atomic E-state index is 0.603. The first-order valence-electron chi connectivity index (χ1n) is 6.57. The van der Waals surface area contributed by atoms with Crippen molar-refractivity contribution in [3.63, 3.8) is 0 Å². The number of ether oxygens (including phenoxy) is 1. The zero-order chi connectivity index (χ0) is 12.7. The molecule has 2 unspecified atom stereocenters. The first-order valence-corrected chi connectivity index (χ1v) is 6.57.